The third kappa shape index (κ3) is 4.73. The first-order chi connectivity index (χ1) is 10.8. The van der Waals surface area contributed by atoms with Crippen molar-refractivity contribution in [3.8, 4) is 5.75 Å². The molecule has 1 heterocycles. The molecule has 0 saturated heterocycles. The molecule has 1 aromatic carbocycles. The molecule has 0 atom stereocenters. The van der Waals surface area contributed by atoms with Gasteiger partial charge in [0.25, 0.3) is 5.91 Å². The molecule has 0 bridgehead atoms. The van der Waals surface area contributed by atoms with E-state index in [1.807, 2.05) is 0 Å². The zero-order valence-corrected chi connectivity index (χ0v) is 12.7. The molecule has 0 aliphatic heterocycles. The predicted molar refractivity (Wildman–Crippen MR) is 76.7 cm³/mol. The maximum atomic E-state index is 12.3. The summed E-state index contributed by atoms with van der Waals surface area (Å²) in [6.07, 6.45) is -1.64. The van der Waals surface area contributed by atoms with E-state index in [0.717, 1.165) is 0 Å². The average Bonchev–Trinajstić information content (AvgIpc) is 2.89. The minimum Gasteiger partial charge on any atom is -0.406 e. The topological polar surface area (TPSA) is 47.4 Å². The Bertz CT molecular complexity index is 683. The Morgan fingerprint density at radius 1 is 1.39 bits per heavy atom. The Labute approximate surface area is 131 Å². The van der Waals surface area contributed by atoms with Crippen LogP contribution >= 0.6 is 0 Å². The number of hydrogen-bond acceptors (Lipinski definition) is 3. The van der Waals surface area contributed by atoms with Gasteiger partial charge in [-0.25, -0.2) is 4.98 Å². The second-order valence-electron chi connectivity index (χ2n) is 4.94. The van der Waals surface area contributed by atoms with E-state index < -0.39 is 6.36 Å². The normalized spacial score (nSPS) is 11.3. The molecular weight excluding hydrogens is 311 g/mol. The number of alkyl halides is 3. The predicted octanol–water partition coefficient (Wildman–Crippen LogP) is 2.98. The number of benzene rings is 1. The van der Waals surface area contributed by atoms with Gasteiger partial charge in [-0.1, -0.05) is 12.1 Å². The van der Waals surface area contributed by atoms with Crippen molar-refractivity contribution < 1.29 is 22.7 Å². The molecule has 2 aromatic rings. The quantitative estimate of drug-likeness (QED) is 0.848. The van der Waals surface area contributed by atoms with Crippen molar-refractivity contribution >= 4 is 5.91 Å². The van der Waals surface area contributed by atoms with Gasteiger partial charge in [0.1, 0.15) is 11.4 Å². The van der Waals surface area contributed by atoms with Crippen LogP contribution < -0.4 is 4.74 Å². The first-order valence-corrected chi connectivity index (χ1v) is 6.90. The van der Waals surface area contributed by atoms with Gasteiger partial charge in [-0.3, -0.25) is 4.79 Å². The van der Waals surface area contributed by atoms with Gasteiger partial charge in [0, 0.05) is 26.3 Å². The van der Waals surface area contributed by atoms with Crippen molar-refractivity contribution in [2.24, 2.45) is 7.05 Å². The molecule has 0 spiro atoms. The van der Waals surface area contributed by atoms with Gasteiger partial charge in [0.15, 0.2) is 0 Å². The van der Waals surface area contributed by atoms with Gasteiger partial charge >= 0.3 is 6.36 Å². The lowest BCUT2D eigenvalue weighted by Crippen LogP contribution is -2.30. The van der Waals surface area contributed by atoms with Crippen LogP contribution in [0.25, 0.3) is 0 Å². The lowest BCUT2D eigenvalue weighted by molar-refractivity contribution is -0.274. The molecule has 1 aromatic heterocycles. The minimum atomic E-state index is -4.74. The highest BCUT2D eigenvalue weighted by Gasteiger charge is 2.31. The summed E-state index contributed by atoms with van der Waals surface area (Å²) >= 11 is 0. The van der Waals surface area contributed by atoms with E-state index >= 15 is 0 Å². The molecule has 1 amide bonds. The van der Waals surface area contributed by atoms with Gasteiger partial charge in [-0.2, -0.15) is 0 Å². The molecule has 0 aliphatic rings. The molecule has 0 aliphatic carbocycles. The smallest absolute Gasteiger partial charge is 0.406 e. The first-order valence-electron chi connectivity index (χ1n) is 6.90. The van der Waals surface area contributed by atoms with E-state index in [2.05, 4.69) is 9.72 Å². The summed E-state index contributed by atoms with van der Waals surface area (Å²) in [7, 11) is 1.75. The van der Waals surface area contributed by atoms with Crippen molar-refractivity contribution in [1.82, 2.24) is 14.5 Å². The minimum absolute atomic E-state index is 0.168. The number of carbonyl (C=O) groups excluding carboxylic acids is 1. The summed E-state index contributed by atoms with van der Waals surface area (Å²) < 4.78 is 42.3. The second-order valence-corrected chi connectivity index (χ2v) is 4.94. The molecule has 2 rings (SSSR count). The van der Waals surface area contributed by atoms with Crippen LogP contribution in [-0.2, 0) is 13.6 Å². The molecule has 0 unspecified atom stereocenters. The average molecular weight is 327 g/mol. The van der Waals surface area contributed by atoms with E-state index in [1.165, 1.54) is 29.4 Å². The number of nitrogens with zero attached hydrogens (tertiary/aromatic N) is 3. The van der Waals surface area contributed by atoms with E-state index in [4.69, 9.17) is 0 Å². The molecule has 0 N–H and O–H groups in total. The largest absolute Gasteiger partial charge is 0.573 e. The van der Waals surface area contributed by atoms with Crippen LogP contribution in [0.15, 0.2) is 36.8 Å². The summed E-state index contributed by atoms with van der Waals surface area (Å²) in [6.45, 7) is 2.36. The first kappa shape index (κ1) is 16.9. The maximum Gasteiger partial charge on any atom is 0.573 e. The van der Waals surface area contributed by atoms with Gasteiger partial charge in [0.05, 0.1) is 6.33 Å². The van der Waals surface area contributed by atoms with Gasteiger partial charge < -0.3 is 14.2 Å². The van der Waals surface area contributed by atoms with Crippen molar-refractivity contribution in [3.05, 3.63) is 48.0 Å². The SMILES string of the molecule is CCN(Cc1cccc(OC(F)(F)F)c1)C(=O)c1cn(C)cn1. The number of amides is 1. The third-order valence-electron chi connectivity index (χ3n) is 3.10. The van der Waals surface area contributed by atoms with E-state index in [9.17, 15) is 18.0 Å². The summed E-state index contributed by atoms with van der Waals surface area (Å²) in [6, 6.07) is 5.57. The highest BCUT2D eigenvalue weighted by molar-refractivity contribution is 5.92. The molecule has 0 fully saturated rings. The molecule has 23 heavy (non-hydrogen) atoms. The van der Waals surface area contributed by atoms with Gasteiger partial charge in [0.2, 0.25) is 0 Å². The number of hydrogen-bond donors (Lipinski definition) is 0. The fraction of sp³-hybridized carbons (Fsp3) is 0.333. The van der Waals surface area contributed by atoms with Crippen LogP contribution in [0.5, 0.6) is 5.75 Å². The number of rotatable bonds is 5. The van der Waals surface area contributed by atoms with Crippen LogP contribution in [-0.4, -0.2) is 33.3 Å². The monoisotopic (exact) mass is 327 g/mol. The van der Waals surface area contributed by atoms with Gasteiger partial charge in [-0.05, 0) is 24.6 Å². The maximum absolute atomic E-state index is 12.3. The zero-order chi connectivity index (χ0) is 17.0. The standard InChI is InChI=1S/C15H16F3N3O2/c1-3-21(14(22)13-9-20(2)10-19-13)8-11-5-4-6-12(7-11)23-15(16,17)18/h4-7,9-10H,3,8H2,1-2H3. The highest BCUT2D eigenvalue weighted by atomic mass is 19.4. The Hall–Kier alpha value is -2.51. The number of aromatic nitrogens is 2. The highest BCUT2D eigenvalue weighted by Crippen LogP contribution is 2.24. The Kier molecular flexibility index (Phi) is 4.92. The van der Waals surface area contributed by atoms with Gasteiger partial charge in [-0.15, -0.1) is 13.2 Å². The lowest BCUT2D eigenvalue weighted by Gasteiger charge is -2.20. The molecule has 124 valence electrons. The molecule has 5 nitrogen and oxygen atoms in total. The third-order valence-corrected chi connectivity index (χ3v) is 3.10. The molecule has 8 heteroatoms. The number of ether oxygens (including phenoxy) is 1. The molecule has 0 saturated carbocycles. The van der Waals surface area contributed by atoms with Crippen LogP contribution in [0, 0.1) is 0 Å². The fourth-order valence-corrected chi connectivity index (χ4v) is 2.07. The van der Waals surface area contributed by atoms with Crippen LogP contribution in [0.3, 0.4) is 0 Å². The van der Waals surface area contributed by atoms with E-state index in [-0.39, 0.29) is 23.9 Å². The van der Waals surface area contributed by atoms with Crippen molar-refractivity contribution in [1.29, 1.82) is 0 Å². The van der Waals surface area contributed by atoms with E-state index in [1.54, 1.807) is 30.8 Å². The molecule has 0 radical (unpaired) electrons. The van der Waals surface area contributed by atoms with Crippen molar-refractivity contribution in [3.63, 3.8) is 0 Å². The van der Waals surface area contributed by atoms with Crippen LogP contribution in [0.4, 0.5) is 13.2 Å². The zero-order valence-electron chi connectivity index (χ0n) is 12.7. The summed E-state index contributed by atoms with van der Waals surface area (Å²) in [5.41, 5.74) is 0.829. The Morgan fingerprint density at radius 3 is 2.70 bits per heavy atom. The van der Waals surface area contributed by atoms with Crippen molar-refractivity contribution in [2.45, 2.75) is 19.8 Å². The van der Waals surface area contributed by atoms with Crippen molar-refractivity contribution in [2.75, 3.05) is 6.54 Å². The van der Waals surface area contributed by atoms with E-state index in [0.29, 0.717) is 12.1 Å². The number of halogens is 3. The summed E-state index contributed by atoms with van der Waals surface area (Å²) in [5.74, 6) is -0.591. The number of aryl methyl sites for hydroxylation is 1. The lowest BCUT2D eigenvalue weighted by atomic mass is 10.2. The summed E-state index contributed by atoms with van der Waals surface area (Å²) in [5, 5.41) is 0. The number of imidazole rings is 1. The number of carbonyl (C=O) groups is 1. The Balaban J connectivity index is 2.12. The summed E-state index contributed by atoms with van der Waals surface area (Å²) in [4.78, 5) is 17.8. The van der Waals surface area contributed by atoms with Crippen LogP contribution in [0.2, 0.25) is 0 Å². The second kappa shape index (κ2) is 6.72. The fourth-order valence-electron chi connectivity index (χ4n) is 2.07. The molecular formula is C15H16F3N3O2. The Morgan fingerprint density at radius 2 is 2.13 bits per heavy atom. The van der Waals surface area contributed by atoms with Crippen LogP contribution in [0.1, 0.15) is 23.0 Å².